The first-order valence-electron chi connectivity index (χ1n) is 7.61. The molecule has 1 N–H and O–H groups in total. The van der Waals surface area contributed by atoms with Crippen molar-refractivity contribution in [3.8, 4) is 0 Å². The van der Waals surface area contributed by atoms with Gasteiger partial charge in [-0.2, -0.15) is 0 Å². The fraction of sp³-hybridized carbons (Fsp3) is 0.933. The highest BCUT2D eigenvalue weighted by Crippen LogP contribution is 2.37. The van der Waals surface area contributed by atoms with Gasteiger partial charge in [-0.15, -0.1) is 0 Å². The Balaban J connectivity index is 2.01. The number of amides is 1. The molecule has 0 aromatic rings. The second-order valence-electron chi connectivity index (χ2n) is 6.50. The van der Waals surface area contributed by atoms with E-state index in [4.69, 9.17) is 0 Å². The number of hydrogen-bond acceptors (Lipinski definition) is 2. The van der Waals surface area contributed by atoms with Gasteiger partial charge in [-0.1, -0.05) is 34.1 Å². The summed E-state index contributed by atoms with van der Waals surface area (Å²) in [5, 5.41) is 3.53. The number of nitrogens with zero attached hydrogens (tertiary/aromatic N) is 1. The van der Waals surface area contributed by atoms with Crippen molar-refractivity contribution in [1.29, 1.82) is 0 Å². The average Bonchev–Trinajstić information content (AvgIpc) is 3.10. The molecule has 2 rings (SSSR count). The zero-order chi connectivity index (χ0) is 13.3. The summed E-state index contributed by atoms with van der Waals surface area (Å²) in [6.07, 6.45) is 5.01. The maximum Gasteiger partial charge on any atom is 0.241 e. The molecular formula is C15H28N2O. The van der Waals surface area contributed by atoms with Gasteiger partial charge in [-0.25, -0.2) is 0 Å². The molecule has 1 saturated heterocycles. The minimum absolute atomic E-state index is 0.0637. The van der Waals surface area contributed by atoms with Gasteiger partial charge >= 0.3 is 0 Å². The predicted molar refractivity (Wildman–Crippen MR) is 74.1 cm³/mol. The van der Waals surface area contributed by atoms with Gasteiger partial charge in [-0.3, -0.25) is 10.1 Å². The van der Waals surface area contributed by atoms with Crippen LogP contribution in [-0.4, -0.2) is 29.6 Å². The van der Waals surface area contributed by atoms with Crippen LogP contribution in [0.3, 0.4) is 0 Å². The number of nitrogens with one attached hydrogen (secondary N) is 1. The highest BCUT2D eigenvalue weighted by Gasteiger charge is 2.41. The Morgan fingerprint density at radius 2 is 2.00 bits per heavy atom. The molecule has 2 fully saturated rings. The predicted octanol–water partition coefficient (Wildman–Crippen LogP) is 2.62. The van der Waals surface area contributed by atoms with Gasteiger partial charge in [-0.05, 0) is 37.0 Å². The van der Waals surface area contributed by atoms with Crippen molar-refractivity contribution in [2.24, 2.45) is 17.8 Å². The SMILES string of the molecule is CCCC1NC(C(C)C)N(CC(C)C2CC2)C1=O. The van der Waals surface area contributed by atoms with E-state index in [2.05, 4.69) is 37.9 Å². The van der Waals surface area contributed by atoms with E-state index in [0.717, 1.165) is 25.3 Å². The fourth-order valence-electron chi connectivity index (χ4n) is 3.08. The maximum absolute atomic E-state index is 12.5. The van der Waals surface area contributed by atoms with Gasteiger partial charge in [0.1, 0.15) is 0 Å². The summed E-state index contributed by atoms with van der Waals surface area (Å²) in [5.74, 6) is 2.36. The maximum atomic E-state index is 12.5. The molecule has 0 bridgehead atoms. The lowest BCUT2D eigenvalue weighted by Crippen LogP contribution is -2.43. The Bertz CT molecular complexity index is 299. The normalized spacial score (nSPS) is 30.3. The summed E-state index contributed by atoms with van der Waals surface area (Å²) in [6, 6.07) is 0.0637. The summed E-state index contributed by atoms with van der Waals surface area (Å²) in [7, 11) is 0. The standard InChI is InChI=1S/C15H28N2O/c1-5-6-13-15(18)17(14(16-13)10(2)3)9-11(4)12-7-8-12/h10-14,16H,5-9H2,1-4H3. The van der Waals surface area contributed by atoms with Crippen LogP contribution in [0.15, 0.2) is 0 Å². The second kappa shape index (κ2) is 5.60. The smallest absolute Gasteiger partial charge is 0.241 e. The molecule has 0 spiro atoms. The molecule has 104 valence electrons. The van der Waals surface area contributed by atoms with Crippen molar-refractivity contribution in [2.45, 2.75) is 65.6 Å². The molecule has 0 radical (unpaired) electrons. The number of carbonyl (C=O) groups excluding carboxylic acids is 1. The Kier molecular flexibility index (Phi) is 4.31. The third-order valence-corrected chi connectivity index (χ3v) is 4.41. The zero-order valence-corrected chi connectivity index (χ0v) is 12.3. The van der Waals surface area contributed by atoms with Crippen molar-refractivity contribution in [3.05, 3.63) is 0 Å². The summed E-state index contributed by atoms with van der Waals surface area (Å²) in [6.45, 7) is 9.80. The van der Waals surface area contributed by atoms with E-state index in [0.29, 0.717) is 17.7 Å². The van der Waals surface area contributed by atoms with Crippen LogP contribution >= 0.6 is 0 Å². The highest BCUT2D eigenvalue weighted by atomic mass is 16.2. The Hall–Kier alpha value is -0.570. The van der Waals surface area contributed by atoms with Crippen LogP contribution in [0, 0.1) is 17.8 Å². The van der Waals surface area contributed by atoms with Crippen molar-refractivity contribution in [3.63, 3.8) is 0 Å². The summed E-state index contributed by atoms with van der Waals surface area (Å²) < 4.78 is 0. The topological polar surface area (TPSA) is 32.3 Å². The molecule has 1 heterocycles. The average molecular weight is 252 g/mol. The van der Waals surface area contributed by atoms with Crippen LogP contribution in [0.2, 0.25) is 0 Å². The molecule has 1 amide bonds. The van der Waals surface area contributed by atoms with Crippen LogP contribution in [0.4, 0.5) is 0 Å². The van der Waals surface area contributed by atoms with Crippen molar-refractivity contribution < 1.29 is 4.79 Å². The van der Waals surface area contributed by atoms with E-state index in [1.165, 1.54) is 12.8 Å². The lowest BCUT2D eigenvalue weighted by atomic mass is 10.0. The monoisotopic (exact) mass is 252 g/mol. The largest absolute Gasteiger partial charge is 0.325 e. The first-order chi connectivity index (χ1) is 8.54. The Morgan fingerprint density at radius 3 is 2.50 bits per heavy atom. The van der Waals surface area contributed by atoms with Gasteiger partial charge in [0.25, 0.3) is 0 Å². The quantitative estimate of drug-likeness (QED) is 0.788. The first-order valence-corrected chi connectivity index (χ1v) is 7.61. The Labute approximate surface area is 111 Å². The third kappa shape index (κ3) is 2.87. The fourth-order valence-corrected chi connectivity index (χ4v) is 3.08. The van der Waals surface area contributed by atoms with Gasteiger partial charge in [0.2, 0.25) is 5.91 Å². The molecule has 2 aliphatic rings. The zero-order valence-electron chi connectivity index (χ0n) is 12.3. The van der Waals surface area contributed by atoms with Crippen LogP contribution in [-0.2, 0) is 4.79 Å². The first kappa shape index (κ1) is 13.9. The van der Waals surface area contributed by atoms with Crippen molar-refractivity contribution in [1.82, 2.24) is 10.2 Å². The number of carbonyl (C=O) groups is 1. The third-order valence-electron chi connectivity index (χ3n) is 4.41. The van der Waals surface area contributed by atoms with Crippen molar-refractivity contribution in [2.75, 3.05) is 6.54 Å². The summed E-state index contributed by atoms with van der Waals surface area (Å²) in [4.78, 5) is 14.6. The Morgan fingerprint density at radius 1 is 1.33 bits per heavy atom. The van der Waals surface area contributed by atoms with Crippen molar-refractivity contribution >= 4 is 5.91 Å². The number of hydrogen-bond donors (Lipinski definition) is 1. The van der Waals surface area contributed by atoms with Gasteiger partial charge < -0.3 is 4.90 Å². The van der Waals surface area contributed by atoms with Gasteiger partial charge in [0, 0.05) is 6.54 Å². The summed E-state index contributed by atoms with van der Waals surface area (Å²) >= 11 is 0. The molecule has 1 aliphatic heterocycles. The molecular weight excluding hydrogens is 224 g/mol. The summed E-state index contributed by atoms with van der Waals surface area (Å²) in [5.41, 5.74) is 0. The molecule has 3 unspecified atom stereocenters. The molecule has 3 atom stereocenters. The van der Waals surface area contributed by atoms with Gasteiger partial charge in [0.05, 0.1) is 12.2 Å². The molecule has 1 aliphatic carbocycles. The van der Waals surface area contributed by atoms with E-state index in [-0.39, 0.29) is 12.2 Å². The second-order valence-corrected chi connectivity index (χ2v) is 6.50. The lowest BCUT2D eigenvalue weighted by molar-refractivity contribution is -0.131. The van der Waals surface area contributed by atoms with E-state index >= 15 is 0 Å². The molecule has 3 heteroatoms. The molecule has 0 aromatic heterocycles. The molecule has 1 saturated carbocycles. The van der Waals surface area contributed by atoms with E-state index in [9.17, 15) is 4.79 Å². The lowest BCUT2D eigenvalue weighted by Gasteiger charge is -2.29. The highest BCUT2D eigenvalue weighted by molar-refractivity contribution is 5.84. The van der Waals surface area contributed by atoms with E-state index in [1.54, 1.807) is 0 Å². The van der Waals surface area contributed by atoms with Crippen LogP contribution in [0.25, 0.3) is 0 Å². The van der Waals surface area contributed by atoms with E-state index < -0.39 is 0 Å². The minimum Gasteiger partial charge on any atom is -0.325 e. The van der Waals surface area contributed by atoms with Crippen LogP contribution in [0.1, 0.15) is 53.4 Å². The molecule has 18 heavy (non-hydrogen) atoms. The van der Waals surface area contributed by atoms with Crippen LogP contribution < -0.4 is 5.32 Å². The van der Waals surface area contributed by atoms with E-state index in [1.807, 2.05) is 0 Å². The molecule has 0 aromatic carbocycles. The van der Waals surface area contributed by atoms with Gasteiger partial charge in [0.15, 0.2) is 0 Å². The van der Waals surface area contributed by atoms with Crippen LogP contribution in [0.5, 0.6) is 0 Å². The molecule has 3 nitrogen and oxygen atoms in total. The number of rotatable bonds is 6. The minimum atomic E-state index is 0.0637.